The van der Waals surface area contributed by atoms with Crippen molar-refractivity contribution in [2.45, 2.75) is 19.8 Å². The van der Waals surface area contributed by atoms with E-state index in [0.717, 1.165) is 51.4 Å². The van der Waals surface area contributed by atoms with E-state index >= 15 is 0 Å². The third kappa shape index (κ3) is 3.82. The monoisotopic (exact) mass is 319 g/mol. The molecule has 1 aromatic rings. The Labute approximate surface area is 136 Å². The molecule has 6 nitrogen and oxygen atoms in total. The van der Waals surface area contributed by atoms with Gasteiger partial charge in [0.2, 0.25) is 0 Å². The van der Waals surface area contributed by atoms with Gasteiger partial charge in [-0.25, -0.2) is 0 Å². The summed E-state index contributed by atoms with van der Waals surface area (Å²) in [5.74, 6) is -0.265. The molecule has 6 heteroatoms. The standard InChI is InChI=1S/C17H25N3O3/c1-13-9-15(21)14(10-19(13)2)16(22)18-11-17(3-4-17)12-20-5-7-23-8-6-20/h9-10H,3-8,11-12H2,1-2H3,(H,18,22). The molecular weight excluding hydrogens is 294 g/mol. The SMILES string of the molecule is Cc1cc(=O)c(C(=O)NCC2(CN3CCOCC3)CC2)cn1C. The molecule has 0 spiro atoms. The lowest BCUT2D eigenvalue weighted by atomic mass is 10.1. The number of nitrogens with one attached hydrogen (secondary N) is 1. The van der Waals surface area contributed by atoms with Crippen LogP contribution in [0.4, 0.5) is 0 Å². The number of nitrogens with zero attached hydrogens (tertiary/aromatic N) is 2. The van der Waals surface area contributed by atoms with Gasteiger partial charge < -0.3 is 14.6 Å². The molecule has 1 saturated carbocycles. The van der Waals surface area contributed by atoms with Gasteiger partial charge in [0.05, 0.1) is 13.2 Å². The van der Waals surface area contributed by atoms with Crippen molar-refractivity contribution in [3.63, 3.8) is 0 Å². The van der Waals surface area contributed by atoms with Crippen molar-refractivity contribution < 1.29 is 9.53 Å². The molecule has 1 N–H and O–H groups in total. The third-order valence-electron chi connectivity index (χ3n) is 4.97. The van der Waals surface area contributed by atoms with Gasteiger partial charge in [0, 0.05) is 56.6 Å². The van der Waals surface area contributed by atoms with Gasteiger partial charge in [-0.05, 0) is 19.8 Å². The maximum absolute atomic E-state index is 12.3. The summed E-state index contributed by atoms with van der Waals surface area (Å²) in [7, 11) is 1.84. The zero-order chi connectivity index (χ0) is 16.4. The number of morpholine rings is 1. The van der Waals surface area contributed by atoms with Crippen LogP contribution in [0.1, 0.15) is 28.9 Å². The highest BCUT2D eigenvalue weighted by Crippen LogP contribution is 2.45. The van der Waals surface area contributed by atoms with Gasteiger partial charge in [-0.2, -0.15) is 0 Å². The number of rotatable bonds is 5. The second-order valence-electron chi connectivity index (χ2n) is 6.87. The smallest absolute Gasteiger partial charge is 0.256 e. The average Bonchev–Trinajstić information content (AvgIpc) is 3.29. The number of ether oxygens (including phenoxy) is 1. The maximum atomic E-state index is 12.3. The van der Waals surface area contributed by atoms with Crippen LogP contribution in [-0.2, 0) is 11.8 Å². The molecule has 1 aliphatic carbocycles. The summed E-state index contributed by atoms with van der Waals surface area (Å²) >= 11 is 0. The minimum absolute atomic E-state index is 0.183. The number of pyridine rings is 1. The fourth-order valence-electron chi connectivity index (χ4n) is 3.06. The summed E-state index contributed by atoms with van der Waals surface area (Å²) in [5.41, 5.74) is 1.04. The molecule has 1 aliphatic heterocycles. The Balaban J connectivity index is 1.58. The molecule has 3 rings (SSSR count). The topological polar surface area (TPSA) is 63.6 Å². The molecule has 1 amide bonds. The van der Waals surface area contributed by atoms with Gasteiger partial charge in [0.1, 0.15) is 5.56 Å². The second-order valence-corrected chi connectivity index (χ2v) is 6.87. The van der Waals surface area contributed by atoms with Crippen LogP contribution in [0, 0.1) is 12.3 Å². The van der Waals surface area contributed by atoms with Gasteiger partial charge in [-0.15, -0.1) is 0 Å². The fourth-order valence-corrected chi connectivity index (χ4v) is 3.06. The summed E-state index contributed by atoms with van der Waals surface area (Å²) in [6.07, 6.45) is 3.89. The molecule has 2 aliphatic rings. The van der Waals surface area contributed by atoms with Crippen LogP contribution in [0.3, 0.4) is 0 Å². The first-order valence-electron chi connectivity index (χ1n) is 8.25. The minimum atomic E-state index is -0.265. The minimum Gasteiger partial charge on any atom is -0.379 e. The molecule has 2 fully saturated rings. The van der Waals surface area contributed by atoms with Crippen molar-refractivity contribution in [2.75, 3.05) is 39.4 Å². The van der Waals surface area contributed by atoms with E-state index in [1.807, 2.05) is 14.0 Å². The molecule has 1 saturated heterocycles. The lowest BCUT2D eigenvalue weighted by molar-refractivity contribution is 0.0283. The summed E-state index contributed by atoms with van der Waals surface area (Å²) in [5, 5.41) is 2.97. The third-order valence-corrected chi connectivity index (χ3v) is 4.97. The number of aryl methyl sites for hydroxylation is 2. The first-order valence-corrected chi connectivity index (χ1v) is 8.25. The zero-order valence-electron chi connectivity index (χ0n) is 13.9. The predicted octanol–water partition coefficient (Wildman–Crippen LogP) is 0.536. The summed E-state index contributed by atoms with van der Waals surface area (Å²) in [4.78, 5) is 26.7. The largest absolute Gasteiger partial charge is 0.379 e. The Hall–Kier alpha value is -1.66. The van der Waals surface area contributed by atoms with E-state index < -0.39 is 0 Å². The van der Waals surface area contributed by atoms with Crippen LogP contribution in [0.25, 0.3) is 0 Å². The van der Waals surface area contributed by atoms with Crippen molar-refractivity contribution in [1.29, 1.82) is 0 Å². The highest BCUT2D eigenvalue weighted by atomic mass is 16.5. The highest BCUT2D eigenvalue weighted by Gasteiger charge is 2.44. The number of aromatic nitrogens is 1. The molecule has 0 aromatic carbocycles. The Morgan fingerprint density at radius 2 is 2.04 bits per heavy atom. The van der Waals surface area contributed by atoms with Crippen molar-refractivity contribution in [1.82, 2.24) is 14.8 Å². The van der Waals surface area contributed by atoms with Crippen LogP contribution in [0.5, 0.6) is 0 Å². The lowest BCUT2D eigenvalue weighted by Gasteiger charge is -2.30. The Bertz CT molecular complexity index is 643. The second kappa shape index (κ2) is 6.45. The molecule has 0 bridgehead atoms. The van der Waals surface area contributed by atoms with Gasteiger partial charge in [0.15, 0.2) is 5.43 Å². The van der Waals surface area contributed by atoms with Crippen LogP contribution >= 0.6 is 0 Å². The van der Waals surface area contributed by atoms with E-state index in [1.165, 1.54) is 6.07 Å². The lowest BCUT2D eigenvalue weighted by Crippen LogP contribution is -2.43. The molecule has 0 unspecified atom stereocenters. The molecule has 1 aromatic heterocycles. The molecule has 23 heavy (non-hydrogen) atoms. The van der Waals surface area contributed by atoms with Crippen molar-refractivity contribution in [3.05, 3.63) is 33.7 Å². The summed E-state index contributed by atoms with van der Waals surface area (Å²) in [6.45, 7) is 7.01. The quantitative estimate of drug-likeness (QED) is 0.860. The maximum Gasteiger partial charge on any atom is 0.256 e. The number of amides is 1. The average molecular weight is 319 g/mol. The van der Waals surface area contributed by atoms with Crippen molar-refractivity contribution in [2.24, 2.45) is 12.5 Å². The van der Waals surface area contributed by atoms with Gasteiger partial charge >= 0.3 is 0 Å². The first kappa shape index (κ1) is 16.2. The van der Waals surface area contributed by atoms with E-state index in [2.05, 4.69) is 10.2 Å². The Kier molecular flexibility index (Phi) is 4.55. The molecule has 0 atom stereocenters. The summed E-state index contributed by atoms with van der Waals surface area (Å²) < 4.78 is 7.18. The number of hydrogen-bond acceptors (Lipinski definition) is 4. The van der Waals surface area contributed by atoms with Crippen molar-refractivity contribution >= 4 is 5.91 Å². The molecule has 2 heterocycles. The fraction of sp³-hybridized carbons (Fsp3) is 0.647. The van der Waals surface area contributed by atoms with E-state index in [1.54, 1.807) is 10.8 Å². The zero-order valence-corrected chi connectivity index (χ0v) is 13.9. The van der Waals surface area contributed by atoms with Gasteiger partial charge in [0.25, 0.3) is 5.91 Å². The molecule has 0 radical (unpaired) electrons. The van der Waals surface area contributed by atoms with Crippen molar-refractivity contribution in [3.8, 4) is 0 Å². The van der Waals surface area contributed by atoms with Crippen LogP contribution in [-0.4, -0.2) is 54.8 Å². The normalized spacial score (nSPS) is 20.3. The van der Waals surface area contributed by atoms with Crippen LogP contribution in [0.15, 0.2) is 17.1 Å². The number of carbonyl (C=O) groups excluding carboxylic acids is 1. The predicted molar refractivity (Wildman–Crippen MR) is 87.7 cm³/mol. The molecular formula is C17H25N3O3. The summed E-state index contributed by atoms with van der Waals surface area (Å²) in [6, 6.07) is 1.51. The van der Waals surface area contributed by atoms with E-state index in [0.29, 0.717) is 6.54 Å². The molecule has 126 valence electrons. The Morgan fingerprint density at radius 3 is 2.70 bits per heavy atom. The van der Waals surface area contributed by atoms with E-state index in [-0.39, 0.29) is 22.3 Å². The number of carbonyl (C=O) groups is 1. The van der Waals surface area contributed by atoms with Crippen LogP contribution in [0.2, 0.25) is 0 Å². The van der Waals surface area contributed by atoms with E-state index in [9.17, 15) is 9.59 Å². The van der Waals surface area contributed by atoms with Gasteiger partial charge in [-0.1, -0.05) is 0 Å². The highest BCUT2D eigenvalue weighted by molar-refractivity contribution is 5.93. The van der Waals surface area contributed by atoms with Gasteiger partial charge in [-0.3, -0.25) is 14.5 Å². The first-order chi connectivity index (χ1) is 11.0. The van der Waals surface area contributed by atoms with Crippen LogP contribution < -0.4 is 10.7 Å². The number of hydrogen-bond donors (Lipinski definition) is 1. The Morgan fingerprint density at radius 1 is 1.35 bits per heavy atom. The van der Waals surface area contributed by atoms with E-state index in [4.69, 9.17) is 4.74 Å².